The number of cyclic esters (lactones) is 1. The number of hydrogen-bond donors (Lipinski definition) is 3. The summed E-state index contributed by atoms with van der Waals surface area (Å²) in [4.78, 5) is 39.1. The third-order valence-corrected chi connectivity index (χ3v) is 10.9. The van der Waals surface area contributed by atoms with E-state index in [-0.39, 0.29) is 62.1 Å². The van der Waals surface area contributed by atoms with Crippen LogP contribution in [0.25, 0.3) is 0 Å². The van der Waals surface area contributed by atoms with Gasteiger partial charge in [-0.3, -0.25) is 9.59 Å². The van der Waals surface area contributed by atoms with Gasteiger partial charge >= 0.3 is 17.9 Å². The molecule has 0 radical (unpaired) electrons. The summed E-state index contributed by atoms with van der Waals surface area (Å²) in [7, 11) is 1.22. The number of methoxy groups -OCH3 is 1. The van der Waals surface area contributed by atoms with Gasteiger partial charge in [0.25, 0.3) is 0 Å². The summed E-state index contributed by atoms with van der Waals surface area (Å²) in [6.07, 6.45) is 9.26. The predicted molar refractivity (Wildman–Crippen MR) is 198 cm³/mol. The fourth-order valence-corrected chi connectivity index (χ4v) is 7.89. The van der Waals surface area contributed by atoms with Gasteiger partial charge in [-0.25, -0.2) is 4.79 Å². The molecule has 0 aromatic rings. The lowest BCUT2D eigenvalue weighted by Crippen LogP contribution is -2.62. The highest BCUT2D eigenvalue weighted by atomic mass is 16.7. The van der Waals surface area contributed by atoms with E-state index < -0.39 is 66.4 Å². The highest BCUT2D eigenvalue weighted by Crippen LogP contribution is 2.47. The highest BCUT2D eigenvalue weighted by molar-refractivity contribution is 5.83. The Morgan fingerprint density at radius 3 is 2.39 bits per heavy atom. The number of esters is 3. The van der Waals surface area contributed by atoms with Gasteiger partial charge in [0.1, 0.15) is 6.10 Å². The molecule has 3 fully saturated rings. The Kier molecular flexibility index (Phi) is 17.2. The number of carbonyl (C=O) groups is 3. The van der Waals surface area contributed by atoms with E-state index in [1.165, 1.54) is 13.2 Å². The molecule has 4 aliphatic heterocycles. The zero-order chi connectivity index (χ0) is 39.3. The molecule has 10 atom stereocenters. The quantitative estimate of drug-likeness (QED) is 0.0816. The normalized spacial score (nSPS) is 36.3. The average molecular weight is 765 g/mol. The third-order valence-electron chi connectivity index (χ3n) is 10.9. The number of hydrogen-bond acceptors (Lipinski definition) is 13. The number of aliphatic hydroxyl groups excluding tert-OH is 2. The number of rotatable bonds is 11. The molecule has 306 valence electrons. The summed E-state index contributed by atoms with van der Waals surface area (Å²) in [6, 6.07) is 0. The second-order valence-corrected chi connectivity index (χ2v) is 15.8. The SMILES string of the molecule is C=CCC1C[C@H]2C[C@H]3CCC[C@@H](C[C@@H](O)CC(=O)O[C@@H](CO)C[C@@H]4C/C(=C\C(=O)OC)[C@H](OC(=O)CCCCCCC)[C@@](O)(O4)C(C)(C)/C=C/[C@@H](O1)O2)O3. The lowest BCUT2D eigenvalue weighted by atomic mass is 9.74. The lowest BCUT2D eigenvalue weighted by molar-refractivity contribution is -0.327. The number of fused-ring (bicyclic) bond motifs is 6. The fraction of sp³-hybridized carbons (Fsp3) is 0.780. The number of carbonyl (C=O) groups excluding carboxylic acids is 3. The molecule has 13 nitrogen and oxygen atoms in total. The maximum atomic E-state index is 13.4. The second kappa shape index (κ2) is 21.0. The standard InChI is InChI=1S/C41H64O13/c1-6-8-9-10-11-16-35(44)53-39-27(20-36(45)48-5)19-33-25-34(26-42)50-37(46)22-28(43)21-30-14-12-15-31(49-30)24-32-23-29(13-7-2)51-38(52-32)17-18-40(3,4)41(39,47)54-33/h7,17-18,20,28-34,38-39,42-43,47H,2,6,8-16,19,21-26H2,1,3-5H3/b18-17+,27-20+/t28-,29?,30+,31-,32+,33+,34-,38+,39+,41-/m1/s1. The fourth-order valence-electron chi connectivity index (χ4n) is 7.89. The van der Waals surface area contributed by atoms with Crippen LogP contribution in [-0.4, -0.2) is 108 Å². The molecule has 0 aromatic carbocycles. The van der Waals surface area contributed by atoms with Gasteiger partial charge in [-0.1, -0.05) is 58.6 Å². The van der Waals surface area contributed by atoms with Crippen molar-refractivity contribution in [2.24, 2.45) is 5.41 Å². The predicted octanol–water partition coefficient (Wildman–Crippen LogP) is 5.27. The molecule has 0 spiro atoms. The van der Waals surface area contributed by atoms with E-state index in [1.807, 2.05) is 0 Å². The monoisotopic (exact) mass is 764 g/mol. The molecule has 4 aliphatic rings. The van der Waals surface area contributed by atoms with Crippen molar-refractivity contribution >= 4 is 17.9 Å². The summed E-state index contributed by atoms with van der Waals surface area (Å²) in [6.45, 7) is 8.86. The van der Waals surface area contributed by atoms with Crippen molar-refractivity contribution in [1.82, 2.24) is 0 Å². The van der Waals surface area contributed by atoms with Crippen LogP contribution < -0.4 is 0 Å². The van der Waals surface area contributed by atoms with Gasteiger partial charge in [-0.05, 0) is 50.2 Å². The molecule has 6 bridgehead atoms. The Hall–Kier alpha value is -2.65. The van der Waals surface area contributed by atoms with Crippen LogP contribution in [0.15, 0.2) is 36.5 Å². The number of aliphatic hydroxyl groups is 3. The van der Waals surface area contributed by atoms with Crippen molar-refractivity contribution < 1.29 is 62.9 Å². The molecular formula is C41H64O13. The van der Waals surface area contributed by atoms with Crippen LogP contribution in [0.5, 0.6) is 0 Å². The van der Waals surface area contributed by atoms with Crippen molar-refractivity contribution in [2.75, 3.05) is 13.7 Å². The number of ether oxygens (including phenoxy) is 7. The van der Waals surface area contributed by atoms with Crippen LogP contribution in [0.3, 0.4) is 0 Å². The minimum Gasteiger partial charge on any atom is -0.466 e. The molecule has 54 heavy (non-hydrogen) atoms. The first-order valence-electron chi connectivity index (χ1n) is 19.9. The van der Waals surface area contributed by atoms with Gasteiger partial charge in [-0.15, -0.1) is 6.58 Å². The molecule has 0 amide bonds. The van der Waals surface area contributed by atoms with Crippen LogP contribution in [0, 0.1) is 5.41 Å². The smallest absolute Gasteiger partial charge is 0.330 e. The maximum Gasteiger partial charge on any atom is 0.330 e. The van der Waals surface area contributed by atoms with Crippen LogP contribution in [0.1, 0.15) is 124 Å². The molecule has 1 unspecified atom stereocenters. The maximum absolute atomic E-state index is 13.4. The van der Waals surface area contributed by atoms with Crippen LogP contribution >= 0.6 is 0 Å². The first-order chi connectivity index (χ1) is 25.8. The van der Waals surface area contributed by atoms with E-state index in [9.17, 15) is 29.7 Å². The Bertz CT molecular complexity index is 1300. The molecule has 4 heterocycles. The van der Waals surface area contributed by atoms with Gasteiger partial charge in [0, 0.05) is 43.6 Å². The average Bonchev–Trinajstić information content (AvgIpc) is 3.11. The van der Waals surface area contributed by atoms with Crippen molar-refractivity contribution in [3.63, 3.8) is 0 Å². The molecule has 3 N–H and O–H groups in total. The largest absolute Gasteiger partial charge is 0.466 e. The molecule has 0 aliphatic carbocycles. The second-order valence-electron chi connectivity index (χ2n) is 15.8. The van der Waals surface area contributed by atoms with Gasteiger partial charge in [-0.2, -0.15) is 0 Å². The van der Waals surface area contributed by atoms with E-state index in [2.05, 4.69) is 13.5 Å². The van der Waals surface area contributed by atoms with Gasteiger partial charge in [0.05, 0.1) is 56.8 Å². The Labute approximate surface area is 320 Å². The molecule has 3 saturated heterocycles. The van der Waals surface area contributed by atoms with Crippen molar-refractivity contribution in [1.29, 1.82) is 0 Å². The van der Waals surface area contributed by atoms with Crippen LogP contribution in [-0.2, 0) is 47.5 Å². The van der Waals surface area contributed by atoms with Crippen LogP contribution in [0.4, 0.5) is 0 Å². The Balaban J connectivity index is 1.72. The van der Waals surface area contributed by atoms with Crippen molar-refractivity contribution in [3.05, 3.63) is 36.5 Å². The third kappa shape index (κ3) is 12.7. The van der Waals surface area contributed by atoms with Crippen molar-refractivity contribution in [3.8, 4) is 0 Å². The summed E-state index contributed by atoms with van der Waals surface area (Å²) < 4.78 is 42.2. The van der Waals surface area contributed by atoms with Gasteiger partial charge in [0.15, 0.2) is 12.4 Å². The summed E-state index contributed by atoms with van der Waals surface area (Å²) in [5, 5.41) is 33.9. The highest BCUT2D eigenvalue weighted by Gasteiger charge is 2.57. The summed E-state index contributed by atoms with van der Waals surface area (Å²) in [5.74, 6) is -4.26. The topological polar surface area (TPSA) is 177 Å². The van der Waals surface area contributed by atoms with Crippen molar-refractivity contribution in [2.45, 2.75) is 184 Å². The molecular weight excluding hydrogens is 700 g/mol. The van der Waals surface area contributed by atoms with E-state index in [0.717, 1.165) is 44.9 Å². The Morgan fingerprint density at radius 2 is 1.69 bits per heavy atom. The Morgan fingerprint density at radius 1 is 0.963 bits per heavy atom. The zero-order valence-electron chi connectivity index (χ0n) is 32.7. The summed E-state index contributed by atoms with van der Waals surface area (Å²) >= 11 is 0. The number of unbranched alkanes of at least 4 members (excludes halogenated alkanes) is 4. The molecule has 0 saturated carbocycles. The first kappa shape index (κ1) is 44.1. The minimum atomic E-state index is -2.27. The van der Waals surface area contributed by atoms with E-state index in [1.54, 1.807) is 32.1 Å². The van der Waals surface area contributed by atoms with E-state index >= 15 is 0 Å². The molecule has 0 aromatic heterocycles. The van der Waals surface area contributed by atoms with E-state index in [4.69, 9.17) is 33.2 Å². The summed E-state index contributed by atoms with van der Waals surface area (Å²) in [5.41, 5.74) is -1.08. The molecule has 13 heteroatoms. The lowest BCUT2D eigenvalue weighted by Gasteiger charge is -2.51. The van der Waals surface area contributed by atoms with Gasteiger partial charge < -0.3 is 48.5 Å². The van der Waals surface area contributed by atoms with Crippen LogP contribution in [0.2, 0.25) is 0 Å². The van der Waals surface area contributed by atoms with E-state index in [0.29, 0.717) is 25.7 Å². The first-order valence-corrected chi connectivity index (χ1v) is 19.9. The van der Waals surface area contributed by atoms with Gasteiger partial charge in [0.2, 0.25) is 5.79 Å². The minimum absolute atomic E-state index is 0.0116. The molecule has 4 rings (SSSR count). The zero-order valence-corrected chi connectivity index (χ0v) is 32.7.